The van der Waals surface area contributed by atoms with Crippen LogP contribution in [-0.4, -0.2) is 27.9 Å². The summed E-state index contributed by atoms with van der Waals surface area (Å²) >= 11 is 5.28. The summed E-state index contributed by atoms with van der Waals surface area (Å²) in [6, 6.07) is 0. The number of aromatic nitrogens is 3. The summed E-state index contributed by atoms with van der Waals surface area (Å²) in [6.45, 7) is 9.96. The van der Waals surface area contributed by atoms with Gasteiger partial charge in [-0.15, -0.1) is 5.10 Å². The fraction of sp³-hybridized carbons (Fsp3) is 0.833. The number of hydrogen-bond donors (Lipinski definition) is 1. The molecule has 0 amide bonds. The zero-order chi connectivity index (χ0) is 12.4. The van der Waals surface area contributed by atoms with Crippen molar-refractivity contribution >= 4 is 18.2 Å². The predicted octanol–water partition coefficient (Wildman–Crippen LogP) is 2.83. The Hall–Kier alpha value is -0.840. The molecule has 1 aliphatic heterocycles. The lowest BCUT2D eigenvalue weighted by Crippen LogP contribution is -2.39. The first-order chi connectivity index (χ1) is 8.13. The van der Waals surface area contributed by atoms with E-state index in [1.165, 1.54) is 6.42 Å². The molecule has 2 heterocycles. The van der Waals surface area contributed by atoms with E-state index in [0.29, 0.717) is 0 Å². The Morgan fingerprint density at radius 3 is 2.82 bits per heavy atom. The predicted molar refractivity (Wildman–Crippen MR) is 72.9 cm³/mol. The molecule has 2 unspecified atom stereocenters. The van der Waals surface area contributed by atoms with Crippen LogP contribution in [0, 0.1) is 16.6 Å². The van der Waals surface area contributed by atoms with E-state index < -0.39 is 0 Å². The van der Waals surface area contributed by atoms with Crippen LogP contribution in [0.1, 0.15) is 33.6 Å². The van der Waals surface area contributed by atoms with Crippen molar-refractivity contribution in [2.45, 2.75) is 40.2 Å². The van der Waals surface area contributed by atoms with Gasteiger partial charge in [-0.3, -0.25) is 4.57 Å². The molecule has 1 aliphatic rings. The van der Waals surface area contributed by atoms with Crippen molar-refractivity contribution in [2.75, 3.05) is 18.0 Å². The van der Waals surface area contributed by atoms with Crippen LogP contribution >= 0.6 is 12.2 Å². The number of H-pyrrole nitrogens is 1. The van der Waals surface area contributed by atoms with Crippen LogP contribution in [0.15, 0.2) is 0 Å². The second-order valence-electron chi connectivity index (χ2n) is 5.17. The van der Waals surface area contributed by atoms with Gasteiger partial charge in [0.2, 0.25) is 5.95 Å². The summed E-state index contributed by atoms with van der Waals surface area (Å²) in [7, 11) is 0. The molecule has 96 valence electrons. The minimum Gasteiger partial charge on any atom is -0.341 e. The van der Waals surface area contributed by atoms with E-state index in [9.17, 15) is 0 Å². The van der Waals surface area contributed by atoms with Crippen molar-refractivity contribution in [1.29, 1.82) is 0 Å². The van der Waals surface area contributed by atoms with Gasteiger partial charge in [0.25, 0.3) is 0 Å². The van der Waals surface area contributed by atoms with E-state index in [4.69, 9.17) is 12.2 Å². The molecule has 1 N–H and O–H groups in total. The lowest BCUT2D eigenvalue weighted by molar-refractivity contribution is 0.319. The molecule has 1 saturated heterocycles. The number of rotatable bonds is 3. The molecule has 1 aromatic heterocycles. The second kappa shape index (κ2) is 5.21. The van der Waals surface area contributed by atoms with Crippen molar-refractivity contribution < 1.29 is 0 Å². The van der Waals surface area contributed by atoms with Gasteiger partial charge in [-0.1, -0.05) is 20.8 Å². The number of piperidine rings is 1. The molecule has 0 bridgehead atoms. The Labute approximate surface area is 108 Å². The molecule has 2 atom stereocenters. The quantitative estimate of drug-likeness (QED) is 0.843. The van der Waals surface area contributed by atoms with E-state index in [1.807, 2.05) is 0 Å². The first-order valence-electron chi connectivity index (χ1n) is 6.53. The minimum absolute atomic E-state index is 0.726. The largest absolute Gasteiger partial charge is 0.341 e. The van der Waals surface area contributed by atoms with E-state index in [1.54, 1.807) is 0 Å². The molecular formula is C12H22N4S. The van der Waals surface area contributed by atoms with Crippen molar-refractivity contribution in [3.63, 3.8) is 0 Å². The Balaban J connectivity index is 2.20. The number of aromatic amines is 1. The standard InChI is InChI=1S/C12H22N4S/c1-4-6-16-11(13-14-12(16)17)15-7-5-9(2)10(3)8-15/h9-10H,4-8H2,1-3H3,(H,14,17). The summed E-state index contributed by atoms with van der Waals surface area (Å²) in [4.78, 5) is 2.37. The SMILES string of the molecule is CCCn1c(N2CCC(C)C(C)C2)n[nH]c1=S. The smallest absolute Gasteiger partial charge is 0.225 e. The molecule has 1 fully saturated rings. The Morgan fingerprint density at radius 2 is 2.18 bits per heavy atom. The molecule has 0 saturated carbocycles. The molecule has 4 nitrogen and oxygen atoms in total. The lowest BCUT2D eigenvalue weighted by atomic mass is 9.89. The Kier molecular flexibility index (Phi) is 3.86. The Bertz CT molecular complexity index is 422. The van der Waals surface area contributed by atoms with Gasteiger partial charge in [0, 0.05) is 19.6 Å². The fourth-order valence-electron chi connectivity index (χ4n) is 2.42. The van der Waals surface area contributed by atoms with E-state index in [-0.39, 0.29) is 0 Å². The topological polar surface area (TPSA) is 36.9 Å². The van der Waals surface area contributed by atoms with Gasteiger partial charge in [-0.2, -0.15) is 0 Å². The number of anilines is 1. The highest BCUT2D eigenvalue weighted by Crippen LogP contribution is 2.25. The van der Waals surface area contributed by atoms with E-state index in [0.717, 1.165) is 48.6 Å². The highest BCUT2D eigenvalue weighted by atomic mass is 32.1. The highest BCUT2D eigenvalue weighted by Gasteiger charge is 2.25. The van der Waals surface area contributed by atoms with Gasteiger partial charge >= 0.3 is 0 Å². The van der Waals surface area contributed by atoms with E-state index in [2.05, 4.69) is 40.4 Å². The van der Waals surface area contributed by atoms with Gasteiger partial charge in [0.15, 0.2) is 4.77 Å². The molecule has 17 heavy (non-hydrogen) atoms. The fourth-order valence-corrected chi connectivity index (χ4v) is 2.64. The normalized spacial score (nSPS) is 25.2. The third kappa shape index (κ3) is 2.54. The van der Waals surface area contributed by atoms with Crippen LogP contribution < -0.4 is 4.90 Å². The van der Waals surface area contributed by atoms with Crippen LogP contribution in [0.25, 0.3) is 0 Å². The summed E-state index contributed by atoms with van der Waals surface area (Å²) in [6.07, 6.45) is 2.33. The second-order valence-corrected chi connectivity index (χ2v) is 5.56. The van der Waals surface area contributed by atoms with E-state index >= 15 is 0 Å². The molecular weight excluding hydrogens is 232 g/mol. The maximum Gasteiger partial charge on any atom is 0.225 e. The van der Waals surface area contributed by atoms with Gasteiger partial charge in [-0.05, 0) is 36.9 Å². The van der Waals surface area contributed by atoms with Crippen molar-refractivity contribution in [3.05, 3.63) is 4.77 Å². The average molecular weight is 254 g/mol. The molecule has 0 radical (unpaired) electrons. The van der Waals surface area contributed by atoms with Crippen LogP contribution in [0.2, 0.25) is 0 Å². The number of hydrogen-bond acceptors (Lipinski definition) is 3. The maximum absolute atomic E-state index is 5.28. The van der Waals surface area contributed by atoms with Crippen LogP contribution in [0.5, 0.6) is 0 Å². The van der Waals surface area contributed by atoms with Gasteiger partial charge in [0.1, 0.15) is 0 Å². The summed E-state index contributed by atoms with van der Waals surface area (Å²) < 4.78 is 2.87. The zero-order valence-electron chi connectivity index (χ0n) is 10.9. The van der Waals surface area contributed by atoms with Crippen LogP contribution in [-0.2, 0) is 6.54 Å². The summed E-state index contributed by atoms with van der Waals surface area (Å²) in [5.41, 5.74) is 0. The molecule has 0 spiro atoms. The van der Waals surface area contributed by atoms with Crippen molar-refractivity contribution in [2.24, 2.45) is 11.8 Å². The number of nitrogens with zero attached hydrogens (tertiary/aromatic N) is 3. The molecule has 0 aliphatic carbocycles. The molecule has 2 rings (SSSR count). The molecule has 0 aromatic carbocycles. The third-order valence-corrected chi connectivity index (χ3v) is 4.11. The van der Waals surface area contributed by atoms with Gasteiger partial charge in [-0.25, -0.2) is 5.10 Å². The first-order valence-corrected chi connectivity index (χ1v) is 6.94. The Morgan fingerprint density at radius 1 is 1.41 bits per heavy atom. The van der Waals surface area contributed by atoms with Crippen molar-refractivity contribution in [3.8, 4) is 0 Å². The molecule has 1 aromatic rings. The molecule has 5 heteroatoms. The van der Waals surface area contributed by atoms with Crippen LogP contribution in [0.4, 0.5) is 5.95 Å². The maximum atomic E-state index is 5.28. The summed E-state index contributed by atoms with van der Waals surface area (Å²) in [5, 5.41) is 7.31. The first kappa shape index (κ1) is 12.6. The third-order valence-electron chi connectivity index (χ3n) is 3.80. The zero-order valence-corrected chi connectivity index (χ0v) is 11.8. The van der Waals surface area contributed by atoms with Crippen molar-refractivity contribution in [1.82, 2.24) is 14.8 Å². The average Bonchev–Trinajstić information content (AvgIpc) is 2.66. The monoisotopic (exact) mass is 254 g/mol. The lowest BCUT2D eigenvalue weighted by Gasteiger charge is -2.35. The minimum atomic E-state index is 0.726. The highest BCUT2D eigenvalue weighted by molar-refractivity contribution is 7.71. The number of nitrogens with one attached hydrogen (secondary N) is 1. The van der Waals surface area contributed by atoms with Gasteiger partial charge < -0.3 is 4.90 Å². The van der Waals surface area contributed by atoms with Crippen LogP contribution in [0.3, 0.4) is 0 Å². The summed E-state index contributed by atoms with van der Waals surface area (Å²) in [5.74, 6) is 2.56. The van der Waals surface area contributed by atoms with Gasteiger partial charge in [0.05, 0.1) is 0 Å².